The van der Waals surface area contributed by atoms with Gasteiger partial charge in [0.1, 0.15) is 11.5 Å². The molecule has 0 spiro atoms. The first-order chi connectivity index (χ1) is 10.7. The number of ether oxygens (including phenoxy) is 2. The molecule has 0 bridgehead atoms. The van der Waals surface area contributed by atoms with Crippen LogP contribution in [0, 0.1) is 0 Å². The molecule has 0 saturated carbocycles. The molecule has 2 aromatic carbocycles. The highest BCUT2D eigenvalue weighted by atomic mass is 16.5. The van der Waals surface area contributed by atoms with E-state index in [1.807, 2.05) is 30.3 Å². The van der Waals surface area contributed by atoms with Gasteiger partial charge in [0.2, 0.25) is 0 Å². The fourth-order valence-electron chi connectivity index (χ4n) is 2.19. The SMILES string of the molecule is COc1cccc(CCCNC(=O)c2cccc(OC)c2)c1. The minimum atomic E-state index is -0.0791. The molecule has 0 heterocycles. The lowest BCUT2D eigenvalue weighted by Gasteiger charge is -2.07. The predicted octanol–water partition coefficient (Wildman–Crippen LogP) is 3.07. The topological polar surface area (TPSA) is 47.6 Å². The molecule has 4 heteroatoms. The van der Waals surface area contributed by atoms with Gasteiger partial charge in [-0.05, 0) is 48.7 Å². The lowest BCUT2D eigenvalue weighted by atomic mass is 10.1. The van der Waals surface area contributed by atoms with Crippen molar-refractivity contribution in [1.82, 2.24) is 5.32 Å². The summed E-state index contributed by atoms with van der Waals surface area (Å²) in [7, 11) is 3.25. The van der Waals surface area contributed by atoms with Gasteiger partial charge < -0.3 is 14.8 Å². The minimum Gasteiger partial charge on any atom is -0.497 e. The van der Waals surface area contributed by atoms with E-state index in [0.717, 1.165) is 18.6 Å². The number of methoxy groups -OCH3 is 2. The first kappa shape index (κ1) is 15.9. The molecule has 0 saturated heterocycles. The van der Waals surface area contributed by atoms with Crippen LogP contribution in [-0.2, 0) is 6.42 Å². The zero-order valence-corrected chi connectivity index (χ0v) is 13.0. The van der Waals surface area contributed by atoms with Gasteiger partial charge in [0.25, 0.3) is 5.91 Å². The molecule has 0 aliphatic rings. The second-order valence-electron chi connectivity index (χ2n) is 4.94. The van der Waals surface area contributed by atoms with E-state index < -0.39 is 0 Å². The summed E-state index contributed by atoms with van der Waals surface area (Å²) in [4.78, 5) is 12.0. The van der Waals surface area contributed by atoms with Crippen molar-refractivity contribution >= 4 is 5.91 Å². The highest BCUT2D eigenvalue weighted by Crippen LogP contribution is 2.14. The molecule has 0 unspecified atom stereocenters. The second kappa shape index (κ2) is 8.08. The van der Waals surface area contributed by atoms with E-state index in [2.05, 4.69) is 11.4 Å². The number of aryl methyl sites for hydroxylation is 1. The van der Waals surface area contributed by atoms with Crippen molar-refractivity contribution in [3.05, 3.63) is 59.7 Å². The Morgan fingerprint density at radius 2 is 1.68 bits per heavy atom. The number of rotatable bonds is 7. The molecule has 0 aliphatic heterocycles. The third-order valence-corrected chi connectivity index (χ3v) is 3.39. The first-order valence-corrected chi connectivity index (χ1v) is 7.28. The van der Waals surface area contributed by atoms with Gasteiger partial charge >= 0.3 is 0 Å². The number of amides is 1. The smallest absolute Gasteiger partial charge is 0.251 e. The van der Waals surface area contributed by atoms with Gasteiger partial charge in [-0.15, -0.1) is 0 Å². The van der Waals surface area contributed by atoms with E-state index in [-0.39, 0.29) is 5.91 Å². The molecule has 4 nitrogen and oxygen atoms in total. The molecular weight excluding hydrogens is 278 g/mol. The fourth-order valence-corrected chi connectivity index (χ4v) is 2.19. The number of carbonyl (C=O) groups is 1. The first-order valence-electron chi connectivity index (χ1n) is 7.28. The average molecular weight is 299 g/mol. The van der Waals surface area contributed by atoms with Crippen LogP contribution in [0.3, 0.4) is 0 Å². The number of nitrogens with one attached hydrogen (secondary N) is 1. The third-order valence-electron chi connectivity index (χ3n) is 3.39. The molecule has 0 aliphatic carbocycles. The highest BCUT2D eigenvalue weighted by molar-refractivity contribution is 5.94. The van der Waals surface area contributed by atoms with Crippen molar-refractivity contribution in [2.75, 3.05) is 20.8 Å². The van der Waals surface area contributed by atoms with E-state index in [1.165, 1.54) is 5.56 Å². The lowest BCUT2D eigenvalue weighted by Crippen LogP contribution is -2.24. The molecule has 0 atom stereocenters. The van der Waals surface area contributed by atoms with Crippen LogP contribution in [0.4, 0.5) is 0 Å². The predicted molar refractivity (Wildman–Crippen MR) is 86.6 cm³/mol. The molecule has 1 N–H and O–H groups in total. The molecule has 0 radical (unpaired) electrons. The van der Waals surface area contributed by atoms with E-state index in [0.29, 0.717) is 17.9 Å². The van der Waals surface area contributed by atoms with Crippen molar-refractivity contribution < 1.29 is 14.3 Å². The van der Waals surface area contributed by atoms with Crippen molar-refractivity contribution in [2.24, 2.45) is 0 Å². The maximum absolute atomic E-state index is 12.0. The third kappa shape index (κ3) is 4.52. The molecule has 2 rings (SSSR count). The summed E-state index contributed by atoms with van der Waals surface area (Å²) < 4.78 is 10.3. The largest absolute Gasteiger partial charge is 0.497 e. The highest BCUT2D eigenvalue weighted by Gasteiger charge is 2.05. The summed E-state index contributed by atoms with van der Waals surface area (Å²) in [5.74, 6) is 1.46. The number of benzene rings is 2. The van der Waals surface area contributed by atoms with Crippen LogP contribution in [0.1, 0.15) is 22.3 Å². The molecule has 0 aromatic heterocycles. The molecule has 22 heavy (non-hydrogen) atoms. The van der Waals surface area contributed by atoms with E-state index >= 15 is 0 Å². The van der Waals surface area contributed by atoms with Gasteiger partial charge in [-0.3, -0.25) is 4.79 Å². The molecular formula is C18H21NO3. The Balaban J connectivity index is 1.79. The van der Waals surface area contributed by atoms with Crippen LogP contribution >= 0.6 is 0 Å². The summed E-state index contributed by atoms with van der Waals surface area (Å²) in [6, 6.07) is 15.1. The summed E-state index contributed by atoms with van der Waals surface area (Å²) in [5.41, 5.74) is 1.82. The van der Waals surface area contributed by atoms with Crippen LogP contribution in [0.2, 0.25) is 0 Å². The maximum atomic E-state index is 12.0. The van der Waals surface area contributed by atoms with Crippen LogP contribution in [0.25, 0.3) is 0 Å². The Morgan fingerprint density at radius 3 is 2.41 bits per heavy atom. The van der Waals surface area contributed by atoms with Crippen molar-refractivity contribution in [2.45, 2.75) is 12.8 Å². The summed E-state index contributed by atoms with van der Waals surface area (Å²) in [5, 5.41) is 2.92. The normalized spacial score (nSPS) is 10.1. The summed E-state index contributed by atoms with van der Waals surface area (Å²) in [6.07, 6.45) is 1.78. The lowest BCUT2D eigenvalue weighted by molar-refractivity contribution is 0.0953. The molecule has 1 amide bonds. The number of hydrogen-bond donors (Lipinski definition) is 1. The van der Waals surface area contributed by atoms with Crippen molar-refractivity contribution in [3.63, 3.8) is 0 Å². The second-order valence-corrected chi connectivity index (χ2v) is 4.94. The monoisotopic (exact) mass is 299 g/mol. The Labute approximate surface area is 131 Å². The van der Waals surface area contributed by atoms with Gasteiger partial charge in [0.05, 0.1) is 14.2 Å². The van der Waals surface area contributed by atoms with Crippen LogP contribution in [0.5, 0.6) is 11.5 Å². The van der Waals surface area contributed by atoms with Crippen molar-refractivity contribution in [1.29, 1.82) is 0 Å². The summed E-state index contributed by atoms with van der Waals surface area (Å²) in [6.45, 7) is 0.632. The average Bonchev–Trinajstić information content (AvgIpc) is 2.58. The molecule has 2 aromatic rings. The van der Waals surface area contributed by atoms with Crippen LogP contribution in [-0.4, -0.2) is 26.7 Å². The Hall–Kier alpha value is -2.49. The van der Waals surface area contributed by atoms with E-state index in [9.17, 15) is 4.79 Å². The Kier molecular flexibility index (Phi) is 5.83. The van der Waals surface area contributed by atoms with Crippen molar-refractivity contribution in [3.8, 4) is 11.5 Å². The van der Waals surface area contributed by atoms with E-state index in [4.69, 9.17) is 9.47 Å². The number of hydrogen-bond acceptors (Lipinski definition) is 3. The quantitative estimate of drug-likeness (QED) is 0.799. The van der Waals surface area contributed by atoms with Gasteiger partial charge in [0.15, 0.2) is 0 Å². The summed E-state index contributed by atoms with van der Waals surface area (Å²) >= 11 is 0. The van der Waals surface area contributed by atoms with Gasteiger partial charge in [0, 0.05) is 12.1 Å². The zero-order valence-electron chi connectivity index (χ0n) is 13.0. The molecule has 0 fully saturated rings. The standard InChI is InChI=1S/C18H21NO3/c1-21-16-9-3-6-14(12-16)7-5-11-19-18(20)15-8-4-10-17(13-15)22-2/h3-4,6,8-10,12-13H,5,7,11H2,1-2H3,(H,19,20). The van der Waals surface area contributed by atoms with Crippen LogP contribution in [0.15, 0.2) is 48.5 Å². The van der Waals surface area contributed by atoms with Crippen LogP contribution < -0.4 is 14.8 Å². The van der Waals surface area contributed by atoms with Gasteiger partial charge in [-0.1, -0.05) is 18.2 Å². The fraction of sp³-hybridized carbons (Fsp3) is 0.278. The maximum Gasteiger partial charge on any atom is 0.251 e. The minimum absolute atomic E-state index is 0.0791. The zero-order chi connectivity index (χ0) is 15.8. The molecule has 116 valence electrons. The number of carbonyl (C=O) groups excluding carboxylic acids is 1. The van der Waals surface area contributed by atoms with Gasteiger partial charge in [-0.2, -0.15) is 0 Å². The van der Waals surface area contributed by atoms with Gasteiger partial charge in [-0.25, -0.2) is 0 Å². The Morgan fingerprint density at radius 1 is 1.00 bits per heavy atom. The Bertz CT molecular complexity index is 625. The van der Waals surface area contributed by atoms with E-state index in [1.54, 1.807) is 26.4 Å².